The van der Waals surface area contributed by atoms with Crippen LogP contribution >= 0.6 is 22.7 Å². The van der Waals surface area contributed by atoms with E-state index in [1.807, 2.05) is 39.8 Å². The fourth-order valence-corrected chi connectivity index (χ4v) is 4.23. The maximum absolute atomic E-state index is 12.3. The molecule has 0 radical (unpaired) electrons. The fraction of sp³-hybridized carbons (Fsp3) is 0.471. The van der Waals surface area contributed by atoms with Crippen molar-refractivity contribution in [1.29, 1.82) is 0 Å². The highest BCUT2D eigenvalue weighted by Gasteiger charge is 2.28. The quantitative estimate of drug-likeness (QED) is 0.854. The molecule has 6 nitrogen and oxygen atoms in total. The number of ether oxygens (including phenoxy) is 1. The number of carbonyl (C=O) groups is 2. The minimum atomic E-state index is -0.511. The van der Waals surface area contributed by atoms with E-state index < -0.39 is 5.60 Å². The van der Waals surface area contributed by atoms with Gasteiger partial charge in [0.05, 0.1) is 17.1 Å². The molecule has 1 aliphatic rings. The number of nitrogens with zero attached hydrogens (tertiary/aromatic N) is 2. The molecule has 0 fully saturated rings. The molecule has 0 saturated carbocycles. The standard InChI is InChI=1S/C17H21N3O3S2/c1-10-5-6-12(24-10)14(21)19-15-18-11-7-8-20(9-13(11)25-15)16(22)23-17(2,3)4/h5-6H,7-9H2,1-4H3,(H,18,19,21). The van der Waals surface area contributed by atoms with Crippen molar-refractivity contribution in [2.75, 3.05) is 11.9 Å². The first-order valence-electron chi connectivity index (χ1n) is 8.05. The highest BCUT2D eigenvalue weighted by Crippen LogP contribution is 2.29. The molecule has 3 rings (SSSR count). The maximum Gasteiger partial charge on any atom is 0.410 e. The molecular weight excluding hydrogens is 358 g/mol. The number of hydrogen-bond acceptors (Lipinski definition) is 6. The van der Waals surface area contributed by atoms with Crippen LogP contribution in [0.15, 0.2) is 12.1 Å². The molecule has 0 spiro atoms. The van der Waals surface area contributed by atoms with E-state index in [0.717, 1.165) is 15.4 Å². The average Bonchev–Trinajstić information content (AvgIpc) is 3.10. The van der Waals surface area contributed by atoms with Gasteiger partial charge >= 0.3 is 6.09 Å². The second-order valence-corrected chi connectivity index (χ2v) is 9.28. The first-order valence-corrected chi connectivity index (χ1v) is 9.69. The molecule has 0 atom stereocenters. The van der Waals surface area contributed by atoms with Crippen molar-refractivity contribution in [2.45, 2.75) is 46.3 Å². The van der Waals surface area contributed by atoms with Crippen LogP contribution < -0.4 is 5.32 Å². The van der Waals surface area contributed by atoms with E-state index in [4.69, 9.17) is 4.74 Å². The normalized spacial score (nSPS) is 14.2. The molecule has 0 unspecified atom stereocenters. The number of thiazole rings is 1. The monoisotopic (exact) mass is 379 g/mol. The Morgan fingerprint density at radius 3 is 2.68 bits per heavy atom. The lowest BCUT2D eigenvalue weighted by molar-refractivity contribution is 0.0225. The predicted octanol–water partition coefficient (Wildman–Crippen LogP) is 4.06. The molecule has 25 heavy (non-hydrogen) atoms. The Bertz CT molecular complexity index is 804. The van der Waals surface area contributed by atoms with Gasteiger partial charge in [-0.3, -0.25) is 10.1 Å². The second-order valence-electron chi connectivity index (χ2n) is 6.91. The molecule has 134 valence electrons. The number of nitrogens with one attached hydrogen (secondary N) is 1. The van der Waals surface area contributed by atoms with Crippen molar-refractivity contribution in [3.05, 3.63) is 32.5 Å². The molecule has 0 aromatic carbocycles. The first-order chi connectivity index (χ1) is 11.7. The Morgan fingerprint density at radius 2 is 2.04 bits per heavy atom. The van der Waals surface area contributed by atoms with Crippen molar-refractivity contribution >= 4 is 39.8 Å². The lowest BCUT2D eigenvalue weighted by atomic mass is 10.2. The van der Waals surface area contributed by atoms with Gasteiger partial charge in [0.15, 0.2) is 5.13 Å². The SMILES string of the molecule is Cc1ccc(C(=O)Nc2nc3c(s2)CN(C(=O)OC(C)(C)C)CC3)s1. The van der Waals surface area contributed by atoms with E-state index in [2.05, 4.69) is 10.3 Å². The molecule has 1 aliphatic heterocycles. The minimum Gasteiger partial charge on any atom is -0.444 e. The van der Waals surface area contributed by atoms with Gasteiger partial charge in [-0.05, 0) is 39.8 Å². The van der Waals surface area contributed by atoms with Crippen LogP contribution in [0.3, 0.4) is 0 Å². The highest BCUT2D eigenvalue weighted by atomic mass is 32.1. The molecule has 3 heterocycles. The zero-order valence-electron chi connectivity index (χ0n) is 14.7. The Hall–Kier alpha value is -1.93. The van der Waals surface area contributed by atoms with Gasteiger partial charge in [-0.1, -0.05) is 11.3 Å². The van der Waals surface area contributed by atoms with Gasteiger partial charge in [0.1, 0.15) is 5.60 Å². The van der Waals surface area contributed by atoms with Crippen LogP contribution in [-0.2, 0) is 17.7 Å². The van der Waals surface area contributed by atoms with E-state index >= 15 is 0 Å². The molecule has 1 N–H and O–H groups in total. The summed E-state index contributed by atoms with van der Waals surface area (Å²) in [5.74, 6) is -0.145. The lowest BCUT2D eigenvalue weighted by Gasteiger charge is -2.29. The van der Waals surface area contributed by atoms with Gasteiger partial charge < -0.3 is 9.64 Å². The Labute approximate surface area is 154 Å². The number of thiophene rings is 1. The minimum absolute atomic E-state index is 0.145. The Morgan fingerprint density at radius 1 is 1.28 bits per heavy atom. The topological polar surface area (TPSA) is 71.5 Å². The van der Waals surface area contributed by atoms with Crippen molar-refractivity contribution in [2.24, 2.45) is 0 Å². The third-order valence-electron chi connectivity index (χ3n) is 3.57. The molecule has 0 bridgehead atoms. The van der Waals surface area contributed by atoms with Gasteiger partial charge in [-0.15, -0.1) is 11.3 Å². The van der Waals surface area contributed by atoms with Gasteiger partial charge in [0, 0.05) is 22.7 Å². The third-order valence-corrected chi connectivity index (χ3v) is 5.56. The first kappa shape index (κ1) is 17.9. The predicted molar refractivity (Wildman–Crippen MR) is 99.5 cm³/mol. The summed E-state index contributed by atoms with van der Waals surface area (Å²) in [6.07, 6.45) is 0.352. The van der Waals surface area contributed by atoms with Crippen LogP contribution in [0.25, 0.3) is 0 Å². The summed E-state index contributed by atoms with van der Waals surface area (Å²) >= 11 is 2.87. The summed E-state index contributed by atoms with van der Waals surface area (Å²) < 4.78 is 5.43. The van der Waals surface area contributed by atoms with Crippen molar-refractivity contribution < 1.29 is 14.3 Å². The number of anilines is 1. The van der Waals surface area contributed by atoms with E-state index in [1.165, 1.54) is 22.7 Å². The fourth-order valence-electron chi connectivity index (χ4n) is 2.45. The molecule has 2 aromatic heterocycles. The van der Waals surface area contributed by atoms with Gasteiger partial charge in [0.2, 0.25) is 0 Å². The number of fused-ring (bicyclic) bond motifs is 1. The summed E-state index contributed by atoms with van der Waals surface area (Å²) in [4.78, 5) is 33.4. The smallest absolute Gasteiger partial charge is 0.410 e. The zero-order valence-corrected chi connectivity index (χ0v) is 16.3. The Kier molecular flexibility index (Phi) is 4.83. The number of rotatable bonds is 2. The van der Waals surface area contributed by atoms with E-state index in [0.29, 0.717) is 29.5 Å². The molecule has 0 saturated heterocycles. The van der Waals surface area contributed by atoms with E-state index in [-0.39, 0.29) is 12.0 Å². The molecule has 8 heteroatoms. The maximum atomic E-state index is 12.3. The van der Waals surface area contributed by atoms with Gasteiger partial charge in [0.25, 0.3) is 5.91 Å². The van der Waals surface area contributed by atoms with Crippen LogP contribution in [0.1, 0.15) is 45.9 Å². The van der Waals surface area contributed by atoms with Crippen molar-refractivity contribution in [1.82, 2.24) is 9.88 Å². The van der Waals surface area contributed by atoms with E-state index in [1.54, 1.807) is 4.90 Å². The second kappa shape index (κ2) is 6.76. The van der Waals surface area contributed by atoms with Gasteiger partial charge in [-0.25, -0.2) is 9.78 Å². The highest BCUT2D eigenvalue weighted by molar-refractivity contribution is 7.16. The summed E-state index contributed by atoms with van der Waals surface area (Å²) in [6.45, 7) is 8.57. The number of aryl methyl sites for hydroxylation is 1. The average molecular weight is 380 g/mol. The third kappa shape index (κ3) is 4.38. The molecular formula is C17H21N3O3S2. The Balaban J connectivity index is 1.66. The van der Waals surface area contributed by atoms with Crippen LogP contribution in [0.5, 0.6) is 0 Å². The van der Waals surface area contributed by atoms with Crippen LogP contribution in [-0.4, -0.2) is 34.0 Å². The number of carbonyl (C=O) groups excluding carboxylic acids is 2. The molecule has 2 amide bonds. The van der Waals surface area contributed by atoms with Crippen LogP contribution in [0, 0.1) is 6.92 Å². The number of amides is 2. The van der Waals surface area contributed by atoms with Gasteiger partial charge in [-0.2, -0.15) is 0 Å². The summed E-state index contributed by atoms with van der Waals surface area (Å²) in [6, 6.07) is 3.73. The largest absolute Gasteiger partial charge is 0.444 e. The van der Waals surface area contributed by atoms with Crippen molar-refractivity contribution in [3.63, 3.8) is 0 Å². The van der Waals surface area contributed by atoms with Crippen LogP contribution in [0.2, 0.25) is 0 Å². The lowest BCUT2D eigenvalue weighted by Crippen LogP contribution is -2.39. The van der Waals surface area contributed by atoms with Crippen LogP contribution in [0.4, 0.5) is 9.93 Å². The summed E-state index contributed by atoms with van der Waals surface area (Å²) in [7, 11) is 0. The zero-order chi connectivity index (χ0) is 18.2. The van der Waals surface area contributed by atoms with Crippen molar-refractivity contribution in [3.8, 4) is 0 Å². The van der Waals surface area contributed by atoms with E-state index in [9.17, 15) is 9.59 Å². The molecule has 2 aromatic rings. The number of hydrogen-bond donors (Lipinski definition) is 1. The molecule has 0 aliphatic carbocycles. The number of aromatic nitrogens is 1. The summed E-state index contributed by atoms with van der Waals surface area (Å²) in [5, 5.41) is 3.43. The summed E-state index contributed by atoms with van der Waals surface area (Å²) in [5.41, 5.74) is 0.436.